The minimum absolute atomic E-state index is 0.106. The van der Waals surface area contributed by atoms with Crippen LogP contribution in [0.25, 0.3) is 0 Å². The van der Waals surface area contributed by atoms with Crippen molar-refractivity contribution in [3.63, 3.8) is 0 Å². The average Bonchev–Trinajstić information content (AvgIpc) is 2.65. The Morgan fingerprint density at radius 2 is 1.95 bits per heavy atom. The van der Waals surface area contributed by atoms with E-state index in [1.54, 1.807) is 6.92 Å². The fourth-order valence-electron chi connectivity index (χ4n) is 2.34. The van der Waals surface area contributed by atoms with Crippen molar-refractivity contribution in [3.8, 4) is 0 Å². The second kappa shape index (κ2) is 5.53. The number of hydrogen-bond donors (Lipinski definition) is 1. The SMILES string of the molecule is CCc1ccc(C(N)CN2C(=O)CC(C)C2=O)cc1. The number of nitrogens with zero attached hydrogens (tertiary/aromatic N) is 1. The van der Waals surface area contributed by atoms with E-state index in [0.717, 1.165) is 12.0 Å². The molecular formula is C15H20N2O2. The van der Waals surface area contributed by atoms with E-state index in [2.05, 4.69) is 6.92 Å². The molecule has 2 unspecified atom stereocenters. The van der Waals surface area contributed by atoms with Gasteiger partial charge in [-0.3, -0.25) is 14.5 Å². The standard InChI is InChI=1S/C15H20N2O2/c1-3-11-4-6-12(7-5-11)13(16)9-17-14(18)8-10(2)15(17)19/h4-7,10,13H,3,8-9,16H2,1-2H3. The first kappa shape index (κ1) is 13.7. The summed E-state index contributed by atoms with van der Waals surface area (Å²) >= 11 is 0. The maximum atomic E-state index is 11.8. The molecule has 1 aliphatic rings. The van der Waals surface area contributed by atoms with Gasteiger partial charge >= 0.3 is 0 Å². The number of aryl methyl sites for hydroxylation is 1. The number of benzene rings is 1. The van der Waals surface area contributed by atoms with Gasteiger partial charge in [-0.2, -0.15) is 0 Å². The van der Waals surface area contributed by atoms with Crippen LogP contribution in [0.1, 0.15) is 37.4 Å². The Hall–Kier alpha value is -1.68. The highest BCUT2D eigenvalue weighted by atomic mass is 16.2. The zero-order valence-corrected chi connectivity index (χ0v) is 11.4. The predicted molar refractivity (Wildman–Crippen MR) is 73.2 cm³/mol. The van der Waals surface area contributed by atoms with Crippen LogP contribution >= 0.6 is 0 Å². The van der Waals surface area contributed by atoms with E-state index in [-0.39, 0.29) is 30.3 Å². The van der Waals surface area contributed by atoms with Gasteiger partial charge in [-0.25, -0.2) is 0 Å². The number of likely N-dealkylation sites (tertiary alicyclic amines) is 1. The molecule has 1 heterocycles. The molecule has 1 aromatic rings. The van der Waals surface area contributed by atoms with Crippen LogP contribution in [0.5, 0.6) is 0 Å². The molecule has 0 radical (unpaired) electrons. The van der Waals surface area contributed by atoms with Crippen LogP contribution in [-0.2, 0) is 16.0 Å². The summed E-state index contributed by atoms with van der Waals surface area (Å²) < 4.78 is 0. The molecule has 2 rings (SSSR count). The number of amides is 2. The summed E-state index contributed by atoms with van der Waals surface area (Å²) in [7, 11) is 0. The fraction of sp³-hybridized carbons (Fsp3) is 0.467. The summed E-state index contributed by atoms with van der Waals surface area (Å²) in [6.07, 6.45) is 1.29. The summed E-state index contributed by atoms with van der Waals surface area (Å²) in [5.74, 6) is -0.425. The van der Waals surface area contributed by atoms with Gasteiger partial charge in [0, 0.05) is 24.9 Å². The molecule has 19 heavy (non-hydrogen) atoms. The second-order valence-electron chi connectivity index (χ2n) is 5.15. The Bertz CT molecular complexity index is 481. The topological polar surface area (TPSA) is 63.4 Å². The molecule has 4 heteroatoms. The monoisotopic (exact) mass is 260 g/mol. The third kappa shape index (κ3) is 2.84. The van der Waals surface area contributed by atoms with E-state index in [4.69, 9.17) is 5.73 Å². The molecule has 1 aliphatic heterocycles. The number of carbonyl (C=O) groups excluding carboxylic acids is 2. The third-order valence-electron chi connectivity index (χ3n) is 3.66. The first-order valence-electron chi connectivity index (χ1n) is 6.71. The van der Waals surface area contributed by atoms with Gasteiger partial charge in [-0.05, 0) is 17.5 Å². The highest BCUT2D eigenvalue weighted by Gasteiger charge is 2.36. The van der Waals surface area contributed by atoms with E-state index >= 15 is 0 Å². The smallest absolute Gasteiger partial charge is 0.232 e. The third-order valence-corrected chi connectivity index (χ3v) is 3.66. The Balaban J connectivity index is 2.06. The summed E-state index contributed by atoms with van der Waals surface area (Å²) in [6, 6.07) is 7.69. The Kier molecular flexibility index (Phi) is 4.00. The van der Waals surface area contributed by atoms with Crippen LogP contribution in [0.4, 0.5) is 0 Å². The number of nitrogens with two attached hydrogens (primary N) is 1. The number of carbonyl (C=O) groups is 2. The van der Waals surface area contributed by atoms with Crippen LogP contribution in [-0.4, -0.2) is 23.3 Å². The maximum absolute atomic E-state index is 11.8. The van der Waals surface area contributed by atoms with Crippen LogP contribution in [0.3, 0.4) is 0 Å². The fourth-order valence-corrected chi connectivity index (χ4v) is 2.34. The first-order valence-corrected chi connectivity index (χ1v) is 6.71. The molecule has 0 bridgehead atoms. The molecule has 1 aromatic carbocycles. The Morgan fingerprint density at radius 3 is 2.42 bits per heavy atom. The van der Waals surface area contributed by atoms with Crippen molar-refractivity contribution < 1.29 is 9.59 Å². The summed E-state index contributed by atoms with van der Waals surface area (Å²) in [6.45, 7) is 4.15. The Morgan fingerprint density at radius 1 is 1.32 bits per heavy atom. The molecule has 0 saturated carbocycles. The zero-order valence-electron chi connectivity index (χ0n) is 11.4. The van der Waals surface area contributed by atoms with E-state index < -0.39 is 0 Å². The lowest BCUT2D eigenvalue weighted by Crippen LogP contribution is -2.36. The number of imide groups is 1. The van der Waals surface area contributed by atoms with Crippen molar-refractivity contribution in [2.75, 3.05) is 6.54 Å². The van der Waals surface area contributed by atoms with Crippen LogP contribution in [0.2, 0.25) is 0 Å². The maximum Gasteiger partial charge on any atom is 0.232 e. The van der Waals surface area contributed by atoms with Crippen molar-refractivity contribution >= 4 is 11.8 Å². The second-order valence-corrected chi connectivity index (χ2v) is 5.15. The molecular weight excluding hydrogens is 240 g/mol. The molecule has 1 saturated heterocycles. The Labute approximate surface area is 113 Å². The normalized spacial score (nSPS) is 21.0. The van der Waals surface area contributed by atoms with E-state index in [9.17, 15) is 9.59 Å². The molecule has 0 aromatic heterocycles. The molecule has 2 amide bonds. The van der Waals surface area contributed by atoms with Crippen molar-refractivity contribution in [2.24, 2.45) is 11.7 Å². The van der Waals surface area contributed by atoms with Crippen LogP contribution in [0.15, 0.2) is 24.3 Å². The quantitative estimate of drug-likeness (QED) is 0.837. The van der Waals surface area contributed by atoms with Crippen LogP contribution < -0.4 is 5.73 Å². The van der Waals surface area contributed by atoms with Crippen molar-refractivity contribution in [1.29, 1.82) is 0 Å². The largest absolute Gasteiger partial charge is 0.322 e. The van der Waals surface area contributed by atoms with Gasteiger partial charge in [0.25, 0.3) is 0 Å². The van der Waals surface area contributed by atoms with E-state index in [0.29, 0.717) is 6.42 Å². The first-order chi connectivity index (χ1) is 9.02. The molecule has 2 N–H and O–H groups in total. The number of rotatable bonds is 4. The lowest BCUT2D eigenvalue weighted by atomic mass is 10.0. The predicted octanol–water partition coefficient (Wildman–Crippen LogP) is 1.64. The van der Waals surface area contributed by atoms with Gasteiger partial charge in [-0.15, -0.1) is 0 Å². The highest BCUT2D eigenvalue weighted by Crippen LogP contribution is 2.22. The van der Waals surface area contributed by atoms with Gasteiger partial charge in [0.1, 0.15) is 0 Å². The van der Waals surface area contributed by atoms with Gasteiger partial charge in [0.05, 0.1) is 0 Å². The summed E-state index contributed by atoms with van der Waals surface area (Å²) in [4.78, 5) is 24.8. The minimum atomic E-state index is -0.316. The highest BCUT2D eigenvalue weighted by molar-refractivity contribution is 6.03. The van der Waals surface area contributed by atoms with Crippen molar-refractivity contribution in [1.82, 2.24) is 4.90 Å². The van der Waals surface area contributed by atoms with Gasteiger partial charge in [-0.1, -0.05) is 38.1 Å². The van der Waals surface area contributed by atoms with E-state index in [1.165, 1.54) is 10.5 Å². The zero-order chi connectivity index (χ0) is 14.0. The van der Waals surface area contributed by atoms with Gasteiger partial charge < -0.3 is 5.73 Å². The minimum Gasteiger partial charge on any atom is -0.322 e. The lowest BCUT2D eigenvalue weighted by molar-refractivity contribution is -0.139. The average molecular weight is 260 g/mol. The van der Waals surface area contributed by atoms with Crippen molar-refractivity contribution in [3.05, 3.63) is 35.4 Å². The van der Waals surface area contributed by atoms with Gasteiger partial charge in [0.15, 0.2) is 0 Å². The molecule has 2 atom stereocenters. The molecule has 1 fully saturated rings. The lowest BCUT2D eigenvalue weighted by Gasteiger charge is -2.20. The summed E-state index contributed by atoms with van der Waals surface area (Å²) in [5, 5.41) is 0. The molecule has 0 spiro atoms. The molecule has 102 valence electrons. The van der Waals surface area contributed by atoms with Crippen molar-refractivity contribution in [2.45, 2.75) is 32.7 Å². The van der Waals surface area contributed by atoms with Crippen LogP contribution in [0, 0.1) is 5.92 Å². The van der Waals surface area contributed by atoms with Gasteiger partial charge in [0.2, 0.25) is 11.8 Å². The van der Waals surface area contributed by atoms with E-state index in [1.807, 2.05) is 24.3 Å². The number of hydrogen-bond acceptors (Lipinski definition) is 3. The molecule has 4 nitrogen and oxygen atoms in total. The summed E-state index contributed by atoms with van der Waals surface area (Å²) in [5.41, 5.74) is 8.29. The molecule has 0 aliphatic carbocycles.